The van der Waals surface area contributed by atoms with Crippen LogP contribution in [0.25, 0.3) is 0 Å². The van der Waals surface area contributed by atoms with Crippen LogP contribution in [-0.2, 0) is 32.6 Å². The summed E-state index contributed by atoms with van der Waals surface area (Å²) in [6, 6.07) is 29.5. The highest BCUT2D eigenvalue weighted by Gasteiger charge is 2.34. The first kappa shape index (κ1) is 24.4. The number of benzene rings is 4. The molecule has 0 saturated carbocycles. The molecule has 0 saturated heterocycles. The van der Waals surface area contributed by atoms with Crippen molar-refractivity contribution in [3.8, 4) is 23.0 Å². The predicted molar refractivity (Wildman–Crippen MR) is 148 cm³/mol. The summed E-state index contributed by atoms with van der Waals surface area (Å²) >= 11 is 0. The highest BCUT2D eigenvalue weighted by molar-refractivity contribution is 5.53. The SMILES string of the molecule is COc1cc2c(cc1OCc1ccccc1)CN1CCc3cc(OC)c(OCc4ccccc4)cc3[C@H]1C2. The summed E-state index contributed by atoms with van der Waals surface area (Å²) in [7, 11) is 3.43. The summed E-state index contributed by atoms with van der Waals surface area (Å²) in [5.74, 6) is 3.18. The van der Waals surface area contributed by atoms with Crippen LogP contribution in [0.3, 0.4) is 0 Å². The van der Waals surface area contributed by atoms with Crippen molar-refractivity contribution in [2.24, 2.45) is 0 Å². The summed E-state index contributed by atoms with van der Waals surface area (Å²) in [5, 5.41) is 0. The standard InChI is InChI=1S/C33H33NO4/c1-35-30-16-25-13-14-34-20-27-18-32(37-21-23-9-5-3-6-10-23)31(36-2)17-26(27)15-29(34)28(25)19-33(30)38-22-24-11-7-4-8-12-24/h3-12,16-19,29H,13-15,20-22H2,1-2H3/t29-/m1/s1. The molecule has 0 N–H and O–H groups in total. The van der Waals surface area contributed by atoms with Gasteiger partial charge in [0.1, 0.15) is 13.2 Å². The summed E-state index contributed by atoms with van der Waals surface area (Å²) in [6.07, 6.45) is 1.91. The molecule has 2 heterocycles. The lowest BCUT2D eigenvalue weighted by atomic mass is 9.83. The number of fused-ring (bicyclic) bond motifs is 4. The Bertz CT molecular complexity index is 1400. The number of ether oxygens (including phenoxy) is 4. The molecular formula is C33H33NO4. The van der Waals surface area contributed by atoms with E-state index in [2.05, 4.69) is 53.4 Å². The molecule has 5 heteroatoms. The van der Waals surface area contributed by atoms with E-state index in [1.54, 1.807) is 14.2 Å². The second-order valence-electron chi connectivity index (χ2n) is 9.96. The summed E-state index contributed by atoms with van der Waals surface area (Å²) < 4.78 is 23.9. The van der Waals surface area contributed by atoms with E-state index < -0.39 is 0 Å². The van der Waals surface area contributed by atoms with Gasteiger partial charge < -0.3 is 18.9 Å². The van der Waals surface area contributed by atoms with Gasteiger partial charge in [-0.15, -0.1) is 0 Å². The van der Waals surface area contributed by atoms with E-state index >= 15 is 0 Å². The maximum absolute atomic E-state index is 6.26. The molecule has 1 atom stereocenters. The molecular weight excluding hydrogens is 474 g/mol. The van der Waals surface area contributed by atoms with E-state index in [4.69, 9.17) is 18.9 Å². The Labute approximate surface area is 224 Å². The van der Waals surface area contributed by atoms with E-state index in [0.717, 1.165) is 60.1 Å². The third-order valence-corrected chi connectivity index (χ3v) is 7.64. The largest absolute Gasteiger partial charge is 0.493 e. The molecule has 4 aromatic carbocycles. The van der Waals surface area contributed by atoms with Crippen LogP contribution in [0.15, 0.2) is 84.9 Å². The molecule has 0 unspecified atom stereocenters. The molecule has 0 aliphatic carbocycles. The van der Waals surface area contributed by atoms with Gasteiger partial charge in [-0.2, -0.15) is 0 Å². The topological polar surface area (TPSA) is 40.2 Å². The van der Waals surface area contributed by atoms with Gasteiger partial charge in [-0.05, 0) is 70.5 Å². The second kappa shape index (κ2) is 10.8. The van der Waals surface area contributed by atoms with Gasteiger partial charge in [0.2, 0.25) is 0 Å². The fraction of sp³-hybridized carbons (Fsp3) is 0.273. The van der Waals surface area contributed by atoms with Crippen LogP contribution < -0.4 is 18.9 Å². The lowest BCUT2D eigenvalue weighted by Crippen LogP contribution is -2.39. The Morgan fingerprint density at radius 2 is 1.21 bits per heavy atom. The lowest BCUT2D eigenvalue weighted by Gasteiger charge is -2.42. The van der Waals surface area contributed by atoms with Crippen LogP contribution >= 0.6 is 0 Å². The summed E-state index contributed by atoms with van der Waals surface area (Å²) in [5.41, 5.74) is 7.56. The normalized spacial score (nSPS) is 16.1. The molecule has 0 spiro atoms. The molecule has 38 heavy (non-hydrogen) atoms. The quantitative estimate of drug-likeness (QED) is 0.272. The van der Waals surface area contributed by atoms with E-state index in [1.807, 2.05) is 36.4 Å². The Kier molecular flexibility index (Phi) is 6.93. The van der Waals surface area contributed by atoms with Crippen molar-refractivity contribution in [3.05, 3.63) is 118 Å². The first-order valence-electron chi connectivity index (χ1n) is 13.2. The molecule has 0 aromatic heterocycles. The Balaban J connectivity index is 1.26. The zero-order valence-electron chi connectivity index (χ0n) is 22.0. The van der Waals surface area contributed by atoms with Crippen molar-refractivity contribution in [1.29, 1.82) is 0 Å². The number of hydrogen-bond donors (Lipinski definition) is 0. The van der Waals surface area contributed by atoms with Crippen LogP contribution in [0.1, 0.15) is 39.4 Å². The van der Waals surface area contributed by atoms with Gasteiger partial charge in [0.25, 0.3) is 0 Å². The molecule has 2 aliphatic rings. The first-order valence-corrected chi connectivity index (χ1v) is 13.2. The molecule has 5 nitrogen and oxygen atoms in total. The van der Waals surface area contributed by atoms with Crippen molar-refractivity contribution >= 4 is 0 Å². The van der Waals surface area contributed by atoms with Gasteiger partial charge >= 0.3 is 0 Å². The smallest absolute Gasteiger partial charge is 0.162 e. The highest BCUT2D eigenvalue weighted by atomic mass is 16.5. The molecule has 0 radical (unpaired) electrons. The maximum Gasteiger partial charge on any atom is 0.162 e. The van der Waals surface area contributed by atoms with Crippen LogP contribution in [0.2, 0.25) is 0 Å². The summed E-state index contributed by atoms with van der Waals surface area (Å²) in [4.78, 5) is 2.57. The molecule has 6 rings (SSSR count). The van der Waals surface area contributed by atoms with Gasteiger partial charge in [-0.1, -0.05) is 60.7 Å². The predicted octanol–water partition coefficient (Wildman–Crippen LogP) is 6.52. The van der Waals surface area contributed by atoms with Gasteiger partial charge in [0.05, 0.1) is 14.2 Å². The van der Waals surface area contributed by atoms with Crippen molar-refractivity contribution in [1.82, 2.24) is 4.90 Å². The molecule has 0 bridgehead atoms. The average Bonchev–Trinajstić information content (AvgIpc) is 2.98. The fourth-order valence-electron chi connectivity index (χ4n) is 5.61. The van der Waals surface area contributed by atoms with E-state index in [1.165, 1.54) is 22.3 Å². The number of hydrogen-bond acceptors (Lipinski definition) is 5. The Morgan fingerprint density at radius 1 is 0.658 bits per heavy atom. The van der Waals surface area contributed by atoms with E-state index in [9.17, 15) is 0 Å². The van der Waals surface area contributed by atoms with E-state index in [-0.39, 0.29) is 6.04 Å². The molecule has 4 aromatic rings. The first-order chi connectivity index (χ1) is 18.7. The van der Waals surface area contributed by atoms with Crippen LogP contribution in [0.4, 0.5) is 0 Å². The Hall–Kier alpha value is -3.96. The van der Waals surface area contributed by atoms with Gasteiger partial charge in [-0.25, -0.2) is 0 Å². The molecule has 0 amide bonds. The third kappa shape index (κ3) is 4.94. The van der Waals surface area contributed by atoms with E-state index in [0.29, 0.717) is 13.2 Å². The van der Waals surface area contributed by atoms with Crippen LogP contribution in [0, 0.1) is 0 Å². The van der Waals surface area contributed by atoms with Gasteiger partial charge in [0.15, 0.2) is 23.0 Å². The van der Waals surface area contributed by atoms with Crippen molar-refractivity contribution in [2.75, 3.05) is 20.8 Å². The minimum Gasteiger partial charge on any atom is -0.493 e. The molecule has 0 fully saturated rings. The number of methoxy groups -OCH3 is 2. The second-order valence-corrected chi connectivity index (χ2v) is 9.96. The van der Waals surface area contributed by atoms with Gasteiger partial charge in [0, 0.05) is 19.1 Å². The minimum atomic E-state index is 0.289. The van der Waals surface area contributed by atoms with Crippen LogP contribution in [-0.4, -0.2) is 25.7 Å². The lowest BCUT2D eigenvalue weighted by molar-refractivity contribution is 0.159. The Morgan fingerprint density at radius 3 is 1.82 bits per heavy atom. The molecule has 194 valence electrons. The summed E-state index contributed by atoms with van der Waals surface area (Å²) in [6.45, 7) is 2.92. The minimum absolute atomic E-state index is 0.289. The zero-order chi connectivity index (χ0) is 25.9. The fourth-order valence-corrected chi connectivity index (χ4v) is 5.61. The van der Waals surface area contributed by atoms with Crippen molar-refractivity contribution in [2.45, 2.75) is 38.6 Å². The third-order valence-electron chi connectivity index (χ3n) is 7.64. The average molecular weight is 508 g/mol. The maximum atomic E-state index is 6.26. The monoisotopic (exact) mass is 507 g/mol. The van der Waals surface area contributed by atoms with Gasteiger partial charge in [-0.3, -0.25) is 4.90 Å². The van der Waals surface area contributed by atoms with Crippen molar-refractivity contribution in [3.63, 3.8) is 0 Å². The highest BCUT2D eigenvalue weighted by Crippen LogP contribution is 2.44. The number of rotatable bonds is 8. The zero-order valence-corrected chi connectivity index (χ0v) is 22.0. The molecule has 2 aliphatic heterocycles. The van der Waals surface area contributed by atoms with Crippen LogP contribution in [0.5, 0.6) is 23.0 Å². The number of nitrogens with zero attached hydrogens (tertiary/aromatic N) is 1. The van der Waals surface area contributed by atoms with Crippen molar-refractivity contribution < 1.29 is 18.9 Å².